The lowest BCUT2D eigenvalue weighted by Crippen LogP contribution is -2.38. The van der Waals surface area contributed by atoms with Gasteiger partial charge in [-0.3, -0.25) is 13.8 Å². The molecule has 0 spiro atoms. The number of rotatable bonds is 7. The first-order valence-electron chi connectivity index (χ1n) is 10.6. The van der Waals surface area contributed by atoms with Crippen molar-refractivity contribution in [2.45, 2.75) is 18.7 Å². The number of carbonyl (C=O) groups is 1. The first-order chi connectivity index (χ1) is 16.2. The lowest BCUT2D eigenvalue weighted by atomic mass is 10.2. The number of sulfonamides is 1. The topological polar surface area (TPSA) is 112 Å². The van der Waals surface area contributed by atoms with Gasteiger partial charge in [0.2, 0.25) is 5.91 Å². The van der Waals surface area contributed by atoms with Crippen LogP contribution in [0.4, 0.5) is 11.4 Å². The lowest BCUT2D eigenvalue weighted by molar-refractivity contribution is -0.114. The number of carbonyl (C=O) groups excluding carboxylic acids is 1. The fourth-order valence-electron chi connectivity index (χ4n) is 3.75. The molecule has 0 saturated carbocycles. The summed E-state index contributed by atoms with van der Waals surface area (Å²) >= 11 is 0. The first-order valence-corrected chi connectivity index (χ1v) is 12.0. The summed E-state index contributed by atoms with van der Waals surface area (Å²) in [7, 11) is -0.917. The van der Waals surface area contributed by atoms with E-state index in [0.29, 0.717) is 53.2 Å². The lowest BCUT2D eigenvalue weighted by Gasteiger charge is -2.24. The maximum absolute atomic E-state index is 13.7. The number of ether oxygens (including phenoxy) is 3. The quantitative estimate of drug-likeness (QED) is 0.546. The van der Waals surface area contributed by atoms with Gasteiger partial charge in [-0.05, 0) is 50.2 Å². The monoisotopic (exact) mass is 486 g/mol. The molecular formula is C23H26N4O6S. The molecule has 1 aliphatic heterocycles. The Balaban J connectivity index is 1.66. The molecule has 0 fully saturated rings. The highest BCUT2D eigenvalue weighted by atomic mass is 32.2. The van der Waals surface area contributed by atoms with E-state index in [2.05, 4.69) is 10.4 Å². The van der Waals surface area contributed by atoms with E-state index in [0.717, 1.165) is 4.31 Å². The number of benzene rings is 2. The number of anilines is 2. The smallest absolute Gasteiger partial charge is 0.268 e. The van der Waals surface area contributed by atoms with Crippen molar-refractivity contribution in [2.24, 2.45) is 7.05 Å². The summed E-state index contributed by atoms with van der Waals surface area (Å²) in [6.07, 6.45) is 0. The second-order valence-corrected chi connectivity index (χ2v) is 9.54. The van der Waals surface area contributed by atoms with Crippen LogP contribution in [0.2, 0.25) is 0 Å². The first kappa shape index (κ1) is 23.4. The van der Waals surface area contributed by atoms with Crippen molar-refractivity contribution in [1.82, 2.24) is 9.78 Å². The molecule has 1 aliphatic rings. The number of methoxy groups -OCH3 is 1. The SMILES string of the molecule is COc1ccc(N(CC(=O)Nc2ccc3c(c2)OCCO3)S(=O)(=O)c2c(C)nn(C)c2C)cc1. The Morgan fingerprint density at radius 1 is 1.12 bits per heavy atom. The molecular weight excluding hydrogens is 460 g/mol. The maximum atomic E-state index is 13.7. The van der Waals surface area contributed by atoms with E-state index in [4.69, 9.17) is 14.2 Å². The van der Waals surface area contributed by atoms with Crippen LogP contribution in [0.1, 0.15) is 11.4 Å². The van der Waals surface area contributed by atoms with Gasteiger partial charge in [-0.1, -0.05) is 0 Å². The molecule has 180 valence electrons. The molecule has 10 nitrogen and oxygen atoms in total. The Hall–Kier alpha value is -3.73. The van der Waals surface area contributed by atoms with Crippen molar-refractivity contribution in [1.29, 1.82) is 0 Å². The van der Waals surface area contributed by atoms with Gasteiger partial charge < -0.3 is 19.5 Å². The molecule has 2 aromatic carbocycles. The normalized spacial score (nSPS) is 12.8. The van der Waals surface area contributed by atoms with Crippen molar-refractivity contribution in [2.75, 3.05) is 36.5 Å². The summed E-state index contributed by atoms with van der Waals surface area (Å²) in [5.74, 6) is 1.16. The van der Waals surface area contributed by atoms with Crippen molar-refractivity contribution < 1.29 is 27.4 Å². The van der Waals surface area contributed by atoms with Crippen LogP contribution < -0.4 is 23.8 Å². The van der Waals surface area contributed by atoms with Crippen LogP contribution in [0.3, 0.4) is 0 Å². The van der Waals surface area contributed by atoms with Gasteiger partial charge in [0.25, 0.3) is 10.0 Å². The zero-order valence-corrected chi connectivity index (χ0v) is 20.2. The van der Waals surface area contributed by atoms with Crippen LogP contribution in [-0.4, -0.2) is 51.0 Å². The molecule has 0 bridgehead atoms. The van der Waals surface area contributed by atoms with Crippen LogP contribution in [0.25, 0.3) is 0 Å². The van der Waals surface area contributed by atoms with Gasteiger partial charge in [-0.2, -0.15) is 5.10 Å². The molecule has 1 N–H and O–H groups in total. The van der Waals surface area contributed by atoms with Gasteiger partial charge in [-0.15, -0.1) is 0 Å². The highest BCUT2D eigenvalue weighted by Gasteiger charge is 2.32. The van der Waals surface area contributed by atoms with Crippen LogP contribution in [0.5, 0.6) is 17.2 Å². The molecule has 2 heterocycles. The predicted molar refractivity (Wildman–Crippen MR) is 126 cm³/mol. The Morgan fingerprint density at radius 3 is 2.41 bits per heavy atom. The van der Waals surface area contributed by atoms with Crippen LogP contribution >= 0.6 is 0 Å². The Bertz CT molecular complexity index is 1320. The number of nitrogens with zero attached hydrogens (tertiary/aromatic N) is 3. The van der Waals surface area contributed by atoms with Crippen molar-refractivity contribution in [3.63, 3.8) is 0 Å². The van der Waals surface area contributed by atoms with E-state index in [1.807, 2.05) is 0 Å². The largest absolute Gasteiger partial charge is 0.497 e. The minimum atomic E-state index is -4.11. The molecule has 11 heteroatoms. The summed E-state index contributed by atoms with van der Waals surface area (Å²) in [4.78, 5) is 13.1. The van der Waals surface area contributed by atoms with Crippen molar-refractivity contribution >= 4 is 27.3 Å². The van der Waals surface area contributed by atoms with Crippen molar-refractivity contribution in [3.8, 4) is 17.2 Å². The molecule has 0 saturated heterocycles. The average Bonchev–Trinajstić information content (AvgIpc) is 3.09. The van der Waals surface area contributed by atoms with Gasteiger partial charge >= 0.3 is 0 Å². The molecule has 4 rings (SSSR count). The van der Waals surface area contributed by atoms with E-state index < -0.39 is 22.5 Å². The van der Waals surface area contributed by atoms with Gasteiger partial charge in [0.1, 0.15) is 30.4 Å². The fourth-order valence-corrected chi connectivity index (χ4v) is 5.58. The fraction of sp³-hybridized carbons (Fsp3) is 0.304. The summed E-state index contributed by atoms with van der Waals surface area (Å²) < 4.78 is 46.3. The second kappa shape index (κ2) is 9.26. The molecule has 34 heavy (non-hydrogen) atoms. The third-order valence-electron chi connectivity index (χ3n) is 5.46. The average molecular weight is 487 g/mol. The Labute approximate surface area is 198 Å². The van der Waals surface area contributed by atoms with Gasteiger partial charge in [-0.25, -0.2) is 8.42 Å². The number of hydrogen-bond acceptors (Lipinski definition) is 7. The Kier molecular flexibility index (Phi) is 6.38. The van der Waals surface area contributed by atoms with Gasteiger partial charge in [0.05, 0.1) is 24.2 Å². The van der Waals surface area contributed by atoms with E-state index in [1.165, 1.54) is 11.8 Å². The van der Waals surface area contributed by atoms with Gasteiger partial charge in [0, 0.05) is 18.8 Å². The summed E-state index contributed by atoms with van der Waals surface area (Å²) in [6.45, 7) is 3.73. The molecule has 3 aromatic rings. The standard InChI is InChI=1S/C23H26N4O6S/c1-15-23(16(2)26(3)25-15)34(29,30)27(18-6-8-19(31-4)9-7-18)14-22(28)24-17-5-10-20-21(13-17)33-12-11-32-20/h5-10,13H,11-12,14H2,1-4H3,(H,24,28). The molecule has 0 atom stereocenters. The summed E-state index contributed by atoms with van der Waals surface area (Å²) in [6, 6.07) is 11.5. The number of amides is 1. The van der Waals surface area contributed by atoms with E-state index in [1.54, 1.807) is 63.4 Å². The van der Waals surface area contributed by atoms with E-state index >= 15 is 0 Å². The van der Waals surface area contributed by atoms with E-state index in [-0.39, 0.29) is 4.90 Å². The second-order valence-electron chi connectivity index (χ2n) is 7.74. The molecule has 0 aliphatic carbocycles. The molecule has 1 amide bonds. The molecule has 0 radical (unpaired) electrons. The number of fused-ring (bicyclic) bond motifs is 1. The molecule has 1 aromatic heterocycles. The third-order valence-corrected chi connectivity index (χ3v) is 7.49. The third kappa shape index (κ3) is 4.51. The number of hydrogen-bond donors (Lipinski definition) is 1. The van der Waals surface area contributed by atoms with Crippen molar-refractivity contribution in [3.05, 3.63) is 53.9 Å². The van der Waals surface area contributed by atoms with Crippen LogP contribution in [0, 0.1) is 13.8 Å². The predicted octanol–water partition coefficient (Wildman–Crippen LogP) is 2.65. The number of aryl methyl sites for hydroxylation is 2. The molecule has 0 unspecified atom stereocenters. The Morgan fingerprint density at radius 2 is 1.79 bits per heavy atom. The maximum Gasteiger partial charge on any atom is 0.268 e. The summed E-state index contributed by atoms with van der Waals surface area (Å²) in [5, 5.41) is 6.98. The van der Waals surface area contributed by atoms with Crippen LogP contribution in [0.15, 0.2) is 47.4 Å². The highest BCUT2D eigenvalue weighted by Crippen LogP contribution is 2.33. The zero-order valence-electron chi connectivity index (χ0n) is 19.4. The number of nitrogens with one attached hydrogen (secondary N) is 1. The van der Waals surface area contributed by atoms with Crippen LogP contribution in [-0.2, 0) is 21.9 Å². The summed E-state index contributed by atoms with van der Waals surface area (Å²) in [5.41, 5.74) is 1.62. The number of aromatic nitrogens is 2. The zero-order chi connectivity index (χ0) is 24.5. The van der Waals surface area contributed by atoms with E-state index in [9.17, 15) is 13.2 Å². The highest BCUT2D eigenvalue weighted by molar-refractivity contribution is 7.93. The van der Waals surface area contributed by atoms with Gasteiger partial charge in [0.15, 0.2) is 11.5 Å². The minimum absolute atomic E-state index is 0.0675. The minimum Gasteiger partial charge on any atom is -0.497 e.